The fraction of sp³-hybridized carbons (Fsp3) is 0.625. The van der Waals surface area contributed by atoms with Crippen LogP contribution in [0.1, 0.15) is 58.1 Å². The number of sulfonamides is 1. The summed E-state index contributed by atoms with van der Waals surface area (Å²) in [4.78, 5) is 0.327. The van der Waals surface area contributed by atoms with Crippen LogP contribution in [-0.2, 0) is 10.0 Å². The Balaban J connectivity index is 3.40. The first kappa shape index (κ1) is 18.0. The van der Waals surface area contributed by atoms with E-state index in [9.17, 15) is 8.42 Å². The third-order valence-corrected chi connectivity index (χ3v) is 5.57. The van der Waals surface area contributed by atoms with Gasteiger partial charge >= 0.3 is 0 Å². The largest absolute Gasteiger partial charge is 0.496 e. The molecule has 0 bridgehead atoms. The molecule has 0 saturated heterocycles. The van der Waals surface area contributed by atoms with E-state index in [0.717, 1.165) is 17.7 Å². The number of benzene rings is 1. The second-order valence-corrected chi connectivity index (χ2v) is 8.01. The van der Waals surface area contributed by atoms with Crippen LogP contribution in [0.5, 0.6) is 5.75 Å². The monoisotopic (exact) mass is 313 g/mol. The Hall–Kier alpha value is -1.07. The first-order chi connectivity index (χ1) is 9.54. The van der Waals surface area contributed by atoms with E-state index in [1.54, 1.807) is 26.2 Å². The molecule has 1 aromatic rings. The van der Waals surface area contributed by atoms with Gasteiger partial charge in [0.05, 0.1) is 12.0 Å². The van der Waals surface area contributed by atoms with Gasteiger partial charge in [-0.2, -0.15) is 0 Å². The maximum absolute atomic E-state index is 12.7. The van der Waals surface area contributed by atoms with Crippen molar-refractivity contribution in [2.75, 3.05) is 7.11 Å². The number of nitrogens with one attached hydrogen (secondary N) is 1. The van der Waals surface area contributed by atoms with E-state index in [1.807, 2.05) is 34.6 Å². The van der Waals surface area contributed by atoms with Gasteiger partial charge in [0.1, 0.15) is 5.75 Å². The highest BCUT2D eigenvalue weighted by Gasteiger charge is 2.27. The zero-order chi connectivity index (χ0) is 16.4. The van der Waals surface area contributed by atoms with Gasteiger partial charge in [-0.15, -0.1) is 0 Å². The van der Waals surface area contributed by atoms with Crippen molar-refractivity contribution in [1.29, 1.82) is 0 Å². The van der Waals surface area contributed by atoms with Gasteiger partial charge in [-0.1, -0.05) is 20.8 Å². The Morgan fingerprint density at radius 3 is 2.29 bits per heavy atom. The molecule has 0 heterocycles. The minimum atomic E-state index is -3.55. The second kappa shape index (κ2) is 6.36. The summed E-state index contributed by atoms with van der Waals surface area (Å²) in [6.45, 7) is 11.6. The van der Waals surface area contributed by atoms with E-state index in [1.165, 1.54) is 0 Å². The van der Waals surface area contributed by atoms with Crippen LogP contribution in [0.2, 0.25) is 0 Å². The van der Waals surface area contributed by atoms with Crippen LogP contribution >= 0.6 is 0 Å². The van der Waals surface area contributed by atoms with Gasteiger partial charge in [0.25, 0.3) is 0 Å². The molecule has 0 aromatic heterocycles. The Morgan fingerprint density at radius 2 is 1.86 bits per heavy atom. The quantitative estimate of drug-likeness (QED) is 0.873. The number of hydrogen-bond donors (Lipinski definition) is 1. The Kier molecular flexibility index (Phi) is 5.45. The van der Waals surface area contributed by atoms with Gasteiger partial charge in [0.15, 0.2) is 0 Å². The highest BCUT2D eigenvalue weighted by atomic mass is 32.2. The van der Waals surface area contributed by atoms with E-state index >= 15 is 0 Å². The molecule has 0 unspecified atom stereocenters. The molecule has 0 fully saturated rings. The summed E-state index contributed by atoms with van der Waals surface area (Å²) in [6.07, 6.45) is 0.721. The molecule has 0 aliphatic carbocycles. The lowest BCUT2D eigenvalue weighted by Crippen LogP contribution is -2.42. The van der Waals surface area contributed by atoms with Crippen molar-refractivity contribution in [3.05, 3.63) is 23.3 Å². The lowest BCUT2D eigenvalue weighted by molar-refractivity contribution is 0.406. The third kappa shape index (κ3) is 4.20. The highest BCUT2D eigenvalue weighted by molar-refractivity contribution is 7.89. The molecule has 1 rings (SSSR count). The molecular formula is C16H27NO3S. The Labute approximate surface area is 129 Å². The van der Waals surface area contributed by atoms with Crippen LogP contribution in [0.4, 0.5) is 0 Å². The van der Waals surface area contributed by atoms with Gasteiger partial charge in [-0.05, 0) is 56.4 Å². The van der Waals surface area contributed by atoms with Crippen molar-refractivity contribution in [2.24, 2.45) is 0 Å². The van der Waals surface area contributed by atoms with Gasteiger partial charge in [0.2, 0.25) is 10.0 Å². The molecule has 0 atom stereocenters. The van der Waals surface area contributed by atoms with Gasteiger partial charge in [-0.3, -0.25) is 0 Å². The molecule has 0 saturated carbocycles. The average Bonchev–Trinajstić information content (AvgIpc) is 2.36. The summed E-state index contributed by atoms with van der Waals surface area (Å²) in [5.41, 5.74) is 1.12. The van der Waals surface area contributed by atoms with Crippen molar-refractivity contribution in [3.8, 4) is 5.75 Å². The van der Waals surface area contributed by atoms with E-state index in [4.69, 9.17) is 4.74 Å². The maximum Gasteiger partial charge on any atom is 0.241 e. The topological polar surface area (TPSA) is 55.4 Å². The molecule has 0 radical (unpaired) electrons. The number of ether oxygens (including phenoxy) is 1. The summed E-state index contributed by atoms with van der Waals surface area (Å²) in [6, 6.07) is 3.52. The first-order valence-electron chi connectivity index (χ1n) is 7.26. The predicted molar refractivity (Wildman–Crippen MR) is 86.5 cm³/mol. The van der Waals surface area contributed by atoms with E-state index in [0.29, 0.717) is 10.5 Å². The van der Waals surface area contributed by atoms with Crippen LogP contribution in [0, 0.1) is 6.92 Å². The van der Waals surface area contributed by atoms with E-state index < -0.39 is 15.6 Å². The van der Waals surface area contributed by atoms with E-state index in [-0.39, 0.29) is 5.92 Å². The maximum atomic E-state index is 12.7. The van der Waals surface area contributed by atoms with Crippen LogP contribution in [0.15, 0.2) is 17.0 Å². The van der Waals surface area contributed by atoms with Crippen molar-refractivity contribution in [2.45, 2.75) is 64.3 Å². The minimum absolute atomic E-state index is 0.189. The molecule has 4 nitrogen and oxygen atoms in total. The number of aryl methyl sites for hydroxylation is 1. The molecule has 1 N–H and O–H groups in total. The predicted octanol–water partition coefficient (Wildman–Crippen LogP) is 3.59. The third-order valence-electron chi connectivity index (χ3n) is 3.73. The first-order valence-corrected chi connectivity index (χ1v) is 8.75. The Morgan fingerprint density at radius 1 is 1.29 bits per heavy atom. The molecule has 0 aliphatic heterocycles. The van der Waals surface area contributed by atoms with Gasteiger partial charge < -0.3 is 4.74 Å². The van der Waals surface area contributed by atoms with Crippen molar-refractivity contribution >= 4 is 10.0 Å². The normalized spacial score (nSPS) is 12.8. The van der Waals surface area contributed by atoms with Crippen LogP contribution in [0.3, 0.4) is 0 Å². The number of methoxy groups -OCH3 is 1. The second-order valence-electron chi connectivity index (χ2n) is 6.36. The molecule has 1 aromatic carbocycles. The summed E-state index contributed by atoms with van der Waals surface area (Å²) >= 11 is 0. The fourth-order valence-electron chi connectivity index (χ4n) is 2.09. The average molecular weight is 313 g/mol. The van der Waals surface area contributed by atoms with Crippen molar-refractivity contribution in [3.63, 3.8) is 0 Å². The van der Waals surface area contributed by atoms with Crippen molar-refractivity contribution < 1.29 is 13.2 Å². The van der Waals surface area contributed by atoms with E-state index in [2.05, 4.69) is 4.72 Å². The smallest absolute Gasteiger partial charge is 0.241 e. The van der Waals surface area contributed by atoms with Gasteiger partial charge in [0, 0.05) is 5.54 Å². The van der Waals surface area contributed by atoms with Crippen molar-refractivity contribution in [1.82, 2.24) is 4.72 Å². The Bertz CT molecular complexity index is 604. The number of rotatable bonds is 6. The zero-order valence-corrected chi connectivity index (χ0v) is 14.9. The molecule has 21 heavy (non-hydrogen) atoms. The fourth-order valence-corrected chi connectivity index (χ4v) is 3.83. The standard InChI is InChI=1S/C16H27NO3S/c1-8-16(5,6)17-21(18,19)15-10-13(11(2)3)14(20-7)9-12(15)4/h9-11,17H,8H2,1-7H3. The molecule has 0 spiro atoms. The van der Waals surface area contributed by atoms with Gasteiger partial charge in [-0.25, -0.2) is 13.1 Å². The zero-order valence-electron chi connectivity index (χ0n) is 14.1. The molecular weight excluding hydrogens is 286 g/mol. The lowest BCUT2D eigenvalue weighted by atomic mass is 10.0. The summed E-state index contributed by atoms with van der Waals surface area (Å²) < 4.78 is 33.4. The van der Waals surface area contributed by atoms with Crippen LogP contribution in [0.25, 0.3) is 0 Å². The summed E-state index contributed by atoms with van der Waals surface area (Å²) in [5.74, 6) is 0.921. The lowest BCUT2D eigenvalue weighted by Gasteiger charge is -2.25. The highest BCUT2D eigenvalue weighted by Crippen LogP contribution is 2.32. The molecule has 0 aliphatic rings. The molecule has 120 valence electrons. The molecule has 5 heteroatoms. The van der Waals surface area contributed by atoms with Crippen LogP contribution in [-0.4, -0.2) is 21.1 Å². The minimum Gasteiger partial charge on any atom is -0.496 e. The molecule has 0 amide bonds. The van der Waals surface area contributed by atoms with Crippen LogP contribution < -0.4 is 9.46 Å². The summed E-state index contributed by atoms with van der Waals surface area (Å²) in [5, 5.41) is 0. The summed E-state index contributed by atoms with van der Waals surface area (Å²) in [7, 11) is -1.94. The SMILES string of the molecule is CCC(C)(C)NS(=O)(=O)c1cc(C(C)C)c(OC)cc1C. The number of hydrogen-bond acceptors (Lipinski definition) is 3.